The normalized spacial score (nSPS) is 27.3. The van der Waals surface area contributed by atoms with Gasteiger partial charge in [0.25, 0.3) is 0 Å². The van der Waals surface area contributed by atoms with E-state index in [1.165, 1.54) is 25.7 Å². The summed E-state index contributed by atoms with van der Waals surface area (Å²) < 4.78 is 4.67. The summed E-state index contributed by atoms with van der Waals surface area (Å²) in [4.78, 5) is 3.98. The Kier molecular flexibility index (Phi) is 3.36. The first kappa shape index (κ1) is 10.6. The zero-order valence-electron chi connectivity index (χ0n) is 9.44. The summed E-state index contributed by atoms with van der Waals surface area (Å²) in [7, 11) is 0. The molecule has 0 saturated heterocycles. The first-order valence-corrected chi connectivity index (χ1v) is 5.78. The summed E-state index contributed by atoms with van der Waals surface area (Å²) in [5.41, 5.74) is 0. The van der Waals surface area contributed by atoms with Gasteiger partial charge in [-0.3, -0.25) is 0 Å². The standard InChI is InChI=1S/C11H19N3O.H2/c1-3-8(2)9-4-10(5-9)12-6-11-13-7-15-14-11;/h7-10,12H,3-6H2,1-2H3;1H. The van der Waals surface area contributed by atoms with E-state index in [9.17, 15) is 0 Å². The summed E-state index contributed by atoms with van der Waals surface area (Å²) in [6.45, 7) is 5.35. The van der Waals surface area contributed by atoms with E-state index in [0.717, 1.165) is 24.2 Å². The number of nitrogens with one attached hydrogen (secondary N) is 1. The highest BCUT2D eigenvalue weighted by atomic mass is 16.5. The quantitative estimate of drug-likeness (QED) is 0.811. The number of hydrogen-bond donors (Lipinski definition) is 1. The van der Waals surface area contributed by atoms with E-state index >= 15 is 0 Å². The maximum atomic E-state index is 4.67. The molecule has 1 saturated carbocycles. The molecular formula is C11H21N3O. The summed E-state index contributed by atoms with van der Waals surface area (Å²) >= 11 is 0. The Morgan fingerprint density at radius 2 is 2.47 bits per heavy atom. The molecule has 1 N–H and O–H groups in total. The Morgan fingerprint density at radius 3 is 3.07 bits per heavy atom. The van der Waals surface area contributed by atoms with Gasteiger partial charge in [-0.15, -0.1) is 0 Å². The molecule has 4 nitrogen and oxygen atoms in total. The molecule has 1 aromatic heterocycles. The van der Waals surface area contributed by atoms with Gasteiger partial charge in [-0.1, -0.05) is 25.4 Å². The van der Waals surface area contributed by atoms with Gasteiger partial charge in [0.1, 0.15) is 0 Å². The largest absolute Gasteiger partial charge is 0.343 e. The highest BCUT2D eigenvalue weighted by Crippen LogP contribution is 2.35. The first-order valence-electron chi connectivity index (χ1n) is 5.78. The molecule has 1 atom stereocenters. The monoisotopic (exact) mass is 211 g/mol. The Labute approximate surface area is 91.9 Å². The zero-order chi connectivity index (χ0) is 10.7. The van der Waals surface area contributed by atoms with Crippen LogP contribution < -0.4 is 5.32 Å². The summed E-state index contributed by atoms with van der Waals surface area (Å²) in [6, 6.07) is 0.655. The van der Waals surface area contributed by atoms with Crippen LogP contribution >= 0.6 is 0 Å². The van der Waals surface area contributed by atoms with Crippen molar-refractivity contribution in [3.05, 3.63) is 12.2 Å². The van der Waals surface area contributed by atoms with Gasteiger partial charge < -0.3 is 9.84 Å². The number of hydrogen-bond acceptors (Lipinski definition) is 4. The minimum atomic E-state index is 0. The van der Waals surface area contributed by atoms with Crippen molar-refractivity contribution in [3.8, 4) is 0 Å². The van der Waals surface area contributed by atoms with E-state index in [1.54, 1.807) is 0 Å². The average molecular weight is 211 g/mol. The molecule has 1 unspecified atom stereocenters. The van der Waals surface area contributed by atoms with Crippen molar-refractivity contribution in [1.82, 2.24) is 15.5 Å². The Hall–Kier alpha value is -0.900. The third-order valence-corrected chi connectivity index (χ3v) is 3.58. The Balaban J connectivity index is 0.00000128. The van der Waals surface area contributed by atoms with E-state index in [-0.39, 0.29) is 1.43 Å². The van der Waals surface area contributed by atoms with Crippen LogP contribution in [0, 0.1) is 11.8 Å². The molecule has 0 aromatic carbocycles. The molecule has 86 valence electrons. The molecule has 0 radical (unpaired) electrons. The van der Waals surface area contributed by atoms with Crippen molar-refractivity contribution in [2.75, 3.05) is 0 Å². The number of nitrogens with zero attached hydrogens (tertiary/aromatic N) is 2. The lowest BCUT2D eigenvalue weighted by molar-refractivity contribution is 0.154. The van der Waals surface area contributed by atoms with E-state index in [1.807, 2.05) is 0 Å². The molecule has 4 heteroatoms. The van der Waals surface area contributed by atoms with Gasteiger partial charge in [0.2, 0.25) is 6.39 Å². The van der Waals surface area contributed by atoms with Crippen molar-refractivity contribution >= 4 is 0 Å². The fourth-order valence-corrected chi connectivity index (χ4v) is 2.13. The van der Waals surface area contributed by atoms with E-state index < -0.39 is 0 Å². The van der Waals surface area contributed by atoms with Crippen LogP contribution in [0.1, 0.15) is 40.4 Å². The Morgan fingerprint density at radius 1 is 1.67 bits per heavy atom. The fourth-order valence-electron chi connectivity index (χ4n) is 2.13. The molecule has 0 amide bonds. The second kappa shape index (κ2) is 4.75. The van der Waals surface area contributed by atoms with Crippen molar-refractivity contribution in [3.63, 3.8) is 0 Å². The van der Waals surface area contributed by atoms with Crippen molar-refractivity contribution in [2.45, 2.75) is 45.7 Å². The average Bonchev–Trinajstić information content (AvgIpc) is 2.67. The lowest BCUT2D eigenvalue weighted by atomic mass is 9.72. The smallest absolute Gasteiger partial charge is 0.213 e. The van der Waals surface area contributed by atoms with Crippen LogP contribution in [-0.2, 0) is 6.54 Å². The Bertz CT molecular complexity index is 285. The van der Waals surface area contributed by atoms with Crippen LogP contribution in [0.25, 0.3) is 0 Å². The van der Waals surface area contributed by atoms with E-state index in [0.29, 0.717) is 6.04 Å². The fraction of sp³-hybridized carbons (Fsp3) is 0.818. The van der Waals surface area contributed by atoms with Crippen LogP contribution in [0.4, 0.5) is 0 Å². The summed E-state index contributed by atoms with van der Waals surface area (Å²) in [6.07, 6.45) is 5.27. The van der Waals surface area contributed by atoms with Crippen LogP contribution in [0.5, 0.6) is 0 Å². The van der Waals surface area contributed by atoms with Gasteiger partial charge in [0, 0.05) is 7.47 Å². The van der Waals surface area contributed by atoms with Gasteiger partial charge in [0.15, 0.2) is 5.82 Å². The van der Waals surface area contributed by atoms with Crippen molar-refractivity contribution in [2.24, 2.45) is 11.8 Å². The van der Waals surface area contributed by atoms with E-state index in [4.69, 9.17) is 0 Å². The molecule has 0 spiro atoms. The lowest BCUT2D eigenvalue weighted by Crippen LogP contribution is -2.43. The predicted octanol–water partition coefficient (Wildman–Crippen LogP) is 2.23. The maximum Gasteiger partial charge on any atom is 0.213 e. The molecule has 1 fully saturated rings. The molecule has 0 bridgehead atoms. The second-order valence-electron chi connectivity index (χ2n) is 4.54. The van der Waals surface area contributed by atoms with Crippen LogP contribution in [0.15, 0.2) is 10.9 Å². The first-order chi connectivity index (χ1) is 7.29. The SMILES string of the molecule is CCC(C)C1CC(NCc2ncon2)C1.[HH]. The minimum absolute atomic E-state index is 0. The summed E-state index contributed by atoms with van der Waals surface area (Å²) in [5.74, 6) is 2.54. The van der Waals surface area contributed by atoms with Crippen LogP contribution in [0.3, 0.4) is 0 Å². The third kappa shape index (κ3) is 2.56. The minimum Gasteiger partial charge on any atom is -0.343 e. The van der Waals surface area contributed by atoms with Crippen LogP contribution in [-0.4, -0.2) is 16.2 Å². The highest BCUT2D eigenvalue weighted by Gasteiger charge is 2.31. The van der Waals surface area contributed by atoms with E-state index in [2.05, 4.69) is 33.8 Å². The van der Waals surface area contributed by atoms with Gasteiger partial charge >= 0.3 is 0 Å². The molecule has 1 aliphatic rings. The lowest BCUT2D eigenvalue weighted by Gasteiger charge is -2.39. The topological polar surface area (TPSA) is 51.0 Å². The second-order valence-corrected chi connectivity index (χ2v) is 4.54. The highest BCUT2D eigenvalue weighted by molar-refractivity contribution is 4.89. The number of aromatic nitrogens is 2. The van der Waals surface area contributed by atoms with Gasteiger partial charge in [-0.2, -0.15) is 4.98 Å². The molecule has 1 aliphatic carbocycles. The molecule has 2 rings (SSSR count). The van der Waals surface area contributed by atoms with Crippen LogP contribution in [0.2, 0.25) is 0 Å². The van der Waals surface area contributed by atoms with Gasteiger partial charge in [-0.05, 0) is 24.7 Å². The third-order valence-electron chi connectivity index (χ3n) is 3.58. The van der Waals surface area contributed by atoms with Crippen molar-refractivity contribution < 1.29 is 5.95 Å². The molecule has 15 heavy (non-hydrogen) atoms. The molecule has 1 heterocycles. The molecular weight excluding hydrogens is 190 g/mol. The maximum absolute atomic E-state index is 4.67. The molecule has 1 aromatic rings. The predicted molar refractivity (Wildman–Crippen MR) is 59.2 cm³/mol. The van der Waals surface area contributed by atoms with Crippen molar-refractivity contribution in [1.29, 1.82) is 0 Å². The molecule has 0 aliphatic heterocycles. The zero-order valence-corrected chi connectivity index (χ0v) is 9.44. The van der Waals surface area contributed by atoms with Gasteiger partial charge in [-0.25, -0.2) is 0 Å². The van der Waals surface area contributed by atoms with Gasteiger partial charge in [0.05, 0.1) is 6.54 Å². The summed E-state index contributed by atoms with van der Waals surface area (Å²) in [5, 5.41) is 7.21. The number of rotatable bonds is 5.